The van der Waals surface area contributed by atoms with E-state index in [1.54, 1.807) is 12.1 Å². The lowest BCUT2D eigenvalue weighted by molar-refractivity contribution is -0.384. The van der Waals surface area contributed by atoms with Gasteiger partial charge in [0.25, 0.3) is 5.69 Å². The van der Waals surface area contributed by atoms with Crippen LogP contribution in [0.3, 0.4) is 0 Å². The number of nitrogens with zero attached hydrogens (tertiary/aromatic N) is 2. The van der Waals surface area contributed by atoms with Crippen molar-refractivity contribution < 1.29 is 9.72 Å². The molecule has 0 spiro atoms. The molecular formula is C21H24N2O3S. The standard InChI is InChI=1S/C21H24N2O3S/c24-21(16-27-20-10-8-19(9-11-20)23(25)26)22-14-12-18(13-15-22)7-6-17-4-2-1-3-5-17/h1-5,8-11,18H,6-7,12-16H2. The van der Waals surface area contributed by atoms with Crippen molar-refractivity contribution in [1.82, 2.24) is 4.90 Å². The molecule has 5 nitrogen and oxygen atoms in total. The first-order chi connectivity index (χ1) is 13.1. The van der Waals surface area contributed by atoms with Gasteiger partial charge in [0.1, 0.15) is 0 Å². The molecule has 27 heavy (non-hydrogen) atoms. The quantitative estimate of drug-likeness (QED) is 0.399. The number of benzene rings is 2. The Morgan fingerprint density at radius 3 is 2.37 bits per heavy atom. The van der Waals surface area contributed by atoms with Gasteiger partial charge in [0.15, 0.2) is 0 Å². The topological polar surface area (TPSA) is 63.4 Å². The normalized spacial score (nSPS) is 14.9. The zero-order valence-electron chi connectivity index (χ0n) is 15.3. The fourth-order valence-corrected chi connectivity index (χ4v) is 4.19. The SMILES string of the molecule is O=C(CSc1ccc([N+](=O)[O-])cc1)N1CCC(CCc2ccccc2)CC1. The van der Waals surface area contributed by atoms with Crippen molar-refractivity contribution in [2.24, 2.45) is 5.92 Å². The van der Waals surface area contributed by atoms with Crippen LogP contribution in [0.4, 0.5) is 5.69 Å². The van der Waals surface area contributed by atoms with Crippen LogP contribution in [-0.4, -0.2) is 34.6 Å². The Morgan fingerprint density at radius 1 is 1.07 bits per heavy atom. The molecule has 6 heteroatoms. The highest BCUT2D eigenvalue weighted by Gasteiger charge is 2.22. The molecule has 2 aromatic carbocycles. The van der Waals surface area contributed by atoms with E-state index in [-0.39, 0.29) is 11.6 Å². The molecule has 0 aromatic heterocycles. The Balaban J connectivity index is 1.38. The van der Waals surface area contributed by atoms with E-state index >= 15 is 0 Å². The number of likely N-dealkylation sites (tertiary alicyclic amines) is 1. The fraction of sp³-hybridized carbons (Fsp3) is 0.381. The third kappa shape index (κ3) is 5.82. The van der Waals surface area contributed by atoms with E-state index in [4.69, 9.17) is 0 Å². The van der Waals surface area contributed by atoms with Crippen LogP contribution in [0.5, 0.6) is 0 Å². The van der Waals surface area contributed by atoms with E-state index in [1.807, 2.05) is 11.0 Å². The third-order valence-corrected chi connectivity index (χ3v) is 6.06. The molecule has 1 aliphatic heterocycles. The van der Waals surface area contributed by atoms with E-state index < -0.39 is 4.92 Å². The minimum atomic E-state index is -0.415. The highest BCUT2D eigenvalue weighted by Crippen LogP contribution is 2.25. The number of carbonyl (C=O) groups is 1. The maximum Gasteiger partial charge on any atom is 0.269 e. The van der Waals surface area contributed by atoms with E-state index in [0.717, 1.165) is 37.2 Å². The van der Waals surface area contributed by atoms with Crippen molar-refractivity contribution >= 4 is 23.4 Å². The van der Waals surface area contributed by atoms with Crippen molar-refractivity contribution in [2.75, 3.05) is 18.8 Å². The summed E-state index contributed by atoms with van der Waals surface area (Å²) in [5.74, 6) is 1.23. The van der Waals surface area contributed by atoms with Crippen molar-refractivity contribution in [3.8, 4) is 0 Å². The molecular weight excluding hydrogens is 360 g/mol. The fourth-order valence-electron chi connectivity index (χ4n) is 3.39. The maximum atomic E-state index is 12.4. The molecule has 1 amide bonds. The summed E-state index contributed by atoms with van der Waals surface area (Å²) in [5.41, 5.74) is 1.46. The van der Waals surface area contributed by atoms with Gasteiger partial charge in [-0.1, -0.05) is 30.3 Å². The monoisotopic (exact) mass is 384 g/mol. The summed E-state index contributed by atoms with van der Waals surface area (Å²) in [6, 6.07) is 16.9. The van der Waals surface area contributed by atoms with Crippen LogP contribution < -0.4 is 0 Å². The summed E-state index contributed by atoms with van der Waals surface area (Å²) in [7, 11) is 0. The summed E-state index contributed by atoms with van der Waals surface area (Å²) in [4.78, 5) is 25.5. The van der Waals surface area contributed by atoms with Crippen molar-refractivity contribution in [1.29, 1.82) is 0 Å². The van der Waals surface area contributed by atoms with Gasteiger partial charge in [-0.2, -0.15) is 0 Å². The van der Waals surface area contributed by atoms with Gasteiger partial charge in [0, 0.05) is 30.1 Å². The lowest BCUT2D eigenvalue weighted by Gasteiger charge is -2.32. The second-order valence-corrected chi connectivity index (χ2v) is 7.94. The number of carbonyl (C=O) groups excluding carboxylic acids is 1. The molecule has 1 aliphatic rings. The van der Waals surface area contributed by atoms with Gasteiger partial charge >= 0.3 is 0 Å². The number of amides is 1. The maximum absolute atomic E-state index is 12.4. The number of piperidine rings is 1. The molecule has 142 valence electrons. The lowest BCUT2D eigenvalue weighted by atomic mass is 9.90. The number of nitro benzene ring substituents is 1. The van der Waals surface area contributed by atoms with Crippen LogP contribution >= 0.6 is 11.8 Å². The molecule has 2 aromatic rings. The second kappa shape index (κ2) is 9.55. The highest BCUT2D eigenvalue weighted by molar-refractivity contribution is 8.00. The van der Waals surface area contributed by atoms with Crippen LogP contribution in [0.2, 0.25) is 0 Å². The summed E-state index contributed by atoms with van der Waals surface area (Å²) in [6.07, 6.45) is 4.43. The summed E-state index contributed by atoms with van der Waals surface area (Å²) >= 11 is 1.44. The molecule has 3 rings (SSSR count). The van der Waals surface area contributed by atoms with Crippen LogP contribution in [0.15, 0.2) is 59.5 Å². The second-order valence-electron chi connectivity index (χ2n) is 6.89. The Morgan fingerprint density at radius 2 is 1.74 bits per heavy atom. The zero-order chi connectivity index (χ0) is 19.1. The molecule has 0 atom stereocenters. The van der Waals surface area contributed by atoms with Gasteiger partial charge in [0.2, 0.25) is 5.91 Å². The Kier molecular flexibility index (Phi) is 6.87. The third-order valence-electron chi connectivity index (χ3n) is 5.06. The van der Waals surface area contributed by atoms with Crippen LogP contribution in [0.1, 0.15) is 24.8 Å². The Bertz CT molecular complexity index is 757. The van der Waals surface area contributed by atoms with Gasteiger partial charge in [0.05, 0.1) is 10.7 Å². The lowest BCUT2D eigenvalue weighted by Crippen LogP contribution is -2.39. The number of rotatable bonds is 7. The van der Waals surface area contributed by atoms with E-state index in [9.17, 15) is 14.9 Å². The molecule has 1 saturated heterocycles. The summed E-state index contributed by atoms with van der Waals surface area (Å²) in [5, 5.41) is 10.7. The van der Waals surface area contributed by atoms with Gasteiger partial charge in [-0.05, 0) is 49.3 Å². The first-order valence-electron chi connectivity index (χ1n) is 9.31. The number of hydrogen-bond donors (Lipinski definition) is 0. The summed E-state index contributed by atoms with van der Waals surface area (Å²) in [6.45, 7) is 1.66. The average molecular weight is 385 g/mol. The Hall–Kier alpha value is -2.34. The predicted molar refractivity (Wildman–Crippen MR) is 108 cm³/mol. The van der Waals surface area contributed by atoms with E-state index in [2.05, 4.69) is 24.3 Å². The Labute approximate surface area is 163 Å². The number of nitro groups is 1. The largest absolute Gasteiger partial charge is 0.342 e. The molecule has 1 heterocycles. The summed E-state index contributed by atoms with van der Waals surface area (Å²) < 4.78 is 0. The smallest absolute Gasteiger partial charge is 0.269 e. The van der Waals surface area contributed by atoms with E-state index in [0.29, 0.717) is 11.7 Å². The van der Waals surface area contributed by atoms with Gasteiger partial charge in [-0.25, -0.2) is 0 Å². The molecule has 0 saturated carbocycles. The molecule has 0 unspecified atom stereocenters. The van der Waals surface area contributed by atoms with Crippen LogP contribution in [0.25, 0.3) is 0 Å². The molecule has 1 fully saturated rings. The predicted octanol–water partition coefficient (Wildman–Crippen LogP) is 4.56. The first-order valence-corrected chi connectivity index (χ1v) is 10.3. The molecule has 0 radical (unpaired) electrons. The van der Waals surface area contributed by atoms with E-state index in [1.165, 1.54) is 35.9 Å². The highest BCUT2D eigenvalue weighted by atomic mass is 32.2. The van der Waals surface area contributed by atoms with Gasteiger partial charge in [-0.3, -0.25) is 14.9 Å². The average Bonchev–Trinajstić information content (AvgIpc) is 2.72. The van der Waals surface area contributed by atoms with Crippen molar-refractivity contribution in [2.45, 2.75) is 30.6 Å². The number of thioether (sulfide) groups is 1. The van der Waals surface area contributed by atoms with Gasteiger partial charge < -0.3 is 4.90 Å². The van der Waals surface area contributed by atoms with Crippen LogP contribution in [-0.2, 0) is 11.2 Å². The molecule has 0 aliphatic carbocycles. The number of hydrogen-bond acceptors (Lipinski definition) is 4. The van der Waals surface area contributed by atoms with Crippen molar-refractivity contribution in [3.05, 3.63) is 70.3 Å². The minimum Gasteiger partial charge on any atom is -0.342 e. The number of non-ortho nitro benzene ring substituents is 1. The van der Waals surface area contributed by atoms with Crippen molar-refractivity contribution in [3.63, 3.8) is 0 Å². The molecule has 0 N–H and O–H groups in total. The zero-order valence-corrected chi connectivity index (χ0v) is 16.1. The minimum absolute atomic E-state index is 0.0725. The van der Waals surface area contributed by atoms with Crippen LogP contribution in [0, 0.1) is 16.0 Å². The van der Waals surface area contributed by atoms with Gasteiger partial charge in [-0.15, -0.1) is 11.8 Å². The molecule has 0 bridgehead atoms. The first kappa shape index (κ1) is 19.4. The number of aryl methyl sites for hydroxylation is 1.